The van der Waals surface area contributed by atoms with Crippen molar-refractivity contribution in [3.05, 3.63) is 11.0 Å². The van der Waals surface area contributed by atoms with Gasteiger partial charge in [0.1, 0.15) is 0 Å². The fourth-order valence-electron chi connectivity index (χ4n) is 1.09. The third kappa shape index (κ3) is 2.92. The maximum Gasteiger partial charge on any atom is 1.00 e. The summed E-state index contributed by atoms with van der Waals surface area (Å²) in [5, 5.41) is 8.40. The molecule has 44 valence electrons. The van der Waals surface area contributed by atoms with Gasteiger partial charge in [0.25, 0.3) is 0 Å². The first-order valence-corrected chi connectivity index (χ1v) is 3.18. The van der Waals surface area contributed by atoms with E-state index in [1.165, 1.54) is 19.3 Å². The summed E-state index contributed by atoms with van der Waals surface area (Å²) in [7, 11) is 0. The molecule has 1 aliphatic rings. The normalized spacial score (nSPS) is 18.0. The molecule has 0 aromatic carbocycles. The van der Waals surface area contributed by atoms with Gasteiger partial charge in [0.15, 0.2) is 0 Å². The van der Waals surface area contributed by atoms with Crippen molar-refractivity contribution in [1.82, 2.24) is 0 Å². The van der Waals surface area contributed by atoms with E-state index in [0.717, 1.165) is 18.4 Å². The van der Waals surface area contributed by atoms with Gasteiger partial charge in [-0.05, 0) is 25.7 Å². The summed E-state index contributed by atoms with van der Waals surface area (Å²) in [6.07, 6.45) is 5.93. The molecule has 1 aliphatic carbocycles. The summed E-state index contributed by atoms with van der Waals surface area (Å²) in [6.45, 7) is 0. The Morgan fingerprint density at radius 2 is 1.67 bits per heavy atom. The molecule has 0 atom stereocenters. The van der Waals surface area contributed by atoms with Crippen LogP contribution < -0.4 is 18.9 Å². The maximum absolute atomic E-state index is 8.40. The molecular weight excluding hydrogens is 105 g/mol. The van der Waals surface area contributed by atoms with E-state index in [1.807, 2.05) is 0 Å². The standard InChI is InChI=1S/C7H10N.Li/c8-6-7-4-2-1-3-5-7;/h1-5H2;/q-1;+1. The Labute approximate surface area is 68.2 Å². The van der Waals surface area contributed by atoms with Gasteiger partial charge in [-0.15, -0.1) is 0 Å². The van der Waals surface area contributed by atoms with Crippen LogP contribution in [0.1, 0.15) is 32.1 Å². The molecule has 0 heterocycles. The minimum Gasteiger partial charge on any atom is -0.763 e. The summed E-state index contributed by atoms with van der Waals surface area (Å²) >= 11 is 0. The molecule has 2 heteroatoms. The van der Waals surface area contributed by atoms with E-state index in [0.29, 0.717) is 0 Å². The summed E-state index contributed by atoms with van der Waals surface area (Å²) in [5.41, 5.74) is 1.11. The maximum atomic E-state index is 8.40. The van der Waals surface area contributed by atoms with Crippen molar-refractivity contribution < 1.29 is 18.9 Å². The molecule has 0 aromatic rings. The van der Waals surface area contributed by atoms with Crippen molar-refractivity contribution in [1.29, 1.82) is 0 Å². The van der Waals surface area contributed by atoms with Crippen LogP contribution in [0.25, 0.3) is 5.41 Å². The molecule has 0 saturated heterocycles. The molecule has 1 fully saturated rings. The molecule has 1 rings (SSSR count). The van der Waals surface area contributed by atoms with Gasteiger partial charge in [-0.3, -0.25) is 5.87 Å². The number of nitrogens with zero attached hydrogens (tertiary/aromatic N) is 1. The first-order valence-electron chi connectivity index (χ1n) is 3.18. The van der Waals surface area contributed by atoms with Crippen LogP contribution in [0.3, 0.4) is 0 Å². The van der Waals surface area contributed by atoms with Gasteiger partial charge in [0.05, 0.1) is 0 Å². The Morgan fingerprint density at radius 1 is 1.11 bits per heavy atom. The first kappa shape index (κ1) is 9.05. The average molecular weight is 115 g/mol. The zero-order valence-corrected chi connectivity index (χ0v) is 5.98. The van der Waals surface area contributed by atoms with Gasteiger partial charge >= 0.3 is 18.9 Å². The van der Waals surface area contributed by atoms with Crippen LogP contribution >= 0.6 is 0 Å². The Balaban J connectivity index is 0.000000640. The van der Waals surface area contributed by atoms with Gasteiger partial charge in [0.2, 0.25) is 0 Å². The molecule has 0 aromatic heterocycles. The van der Waals surface area contributed by atoms with Crippen molar-refractivity contribution >= 4 is 5.87 Å². The van der Waals surface area contributed by atoms with Gasteiger partial charge in [-0.1, -0.05) is 12.0 Å². The molecule has 0 amide bonds. The van der Waals surface area contributed by atoms with E-state index >= 15 is 0 Å². The summed E-state index contributed by atoms with van der Waals surface area (Å²) in [5.74, 6) is 2.22. The Bertz CT molecular complexity index is 117. The molecule has 0 aliphatic heterocycles. The SMILES string of the molecule is [Li+].[N-]=C=C1CCCCC1. The van der Waals surface area contributed by atoms with Gasteiger partial charge in [-0.25, -0.2) is 0 Å². The summed E-state index contributed by atoms with van der Waals surface area (Å²) in [6, 6.07) is 0. The van der Waals surface area contributed by atoms with E-state index in [4.69, 9.17) is 5.41 Å². The Morgan fingerprint density at radius 3 is 2.00 bits per heavy atom. The van der Waals surface area contributed by atoms with E-state index in [-0.39, 0.29) is 18.9 Å². The van der Waals surface area contributed by atoms with Gasteiger partial charge in [-0.2, -0.15) is 0 Å². The van der Waals surface area contributed by atoms with Crippen molar-refractivity contribution in [3.63, 3.8) is 0 Å². The van der Waals surface area contributed by atoms with Crippen LogP contribution in [0.2, 0.25) is 0 Å². The van der Waals surface area contributed by atoms with Crippen LogP contribution in [-0.4, -0.2) is 5.87 Å². The Hall–Kier alpha value is 0.0474. The predicted molar refractivity (Wildman–Crippen MR) is 35.0 cm³/mol. The number of hydrogen-bond donors (Lipinski definition) is 0. The number of rotatable bonds is 0. The van der Waals surface area contributed by atoms with Crippen LogP contribution in [0.4, 0.5) is 0 Å². The predicted octanol–water partition coefficient (Wildman–Crippen LogP) is -0.880. The summed E-state index contributed by atoms with van der Waals surface area (Å²) < 4.78 is 0. The molecule has 1 nitrogen and oxygen atoms in total. The molecule has 9 heavy (non-hydrogen) atoms. The van der Waals surface area contributed by atoms with Crippen LogP contribution in [0.15, 0.2) is 5.57 Å². The third-order valence-corrected chi connectivity index (χ3v) is 1.62. The van der Waals surface area contributed by atoms with E-state index in [2.05, 4.69) is 5.87 Å². The van der Waals surface area contributed by atoms with Crippen molar-refractivity contribution in [2.75, 3.05) is 0 Å². The third-order valence-electron chi connectivity index (χ3n) is 1.62. The second-order valence-electron chi connectivity index (χ2n) is 2.28. The largest absolute Gasteiger partial charge is 1.00 e. The van der Waals surface area contributed by atoms with E-state index in [1.54, 1.807) is 0 Å². The number of allylic oxidation sites excluding steroid dienone is 1. The van der Waals surface area contributed by atoms with Crippen molar-refractivity contribution in [2.45, 2.75) is 32.1 Å². The molecule has 0 N–H and O–H groups in total. The van der Waals surface area contributed by atoms with Crippen LogP contribution in [-0.2, 0) is 0 Å². The fourth-order valence-corrected chi connectivity index (χ4v) is 1.09. The second-order valence-corrected chi connectivity index (χ2v) is 2.28. The molecule has 0 unspecified atom stereocenters. The first-order chi connectivity index (χ1) is 3.93. The van der Waals surface area contributed by atoms with E-state index < -0.39 is 0 Å². The monoisotopic (exact) mass is 115 g/mol. The quantitative estimate of drug-likeness (QED) is 0.289. The zero-order valence-electron chi connectivity index (χ0n) is 5.98. The fraction of sp³-hybridized carbons (Fsp3) is 0.714. The summed E-state index contributed by atoms with van der Waals surface area (Å²) in [4.78, 5) is 0. The van der Waals surface area contributed by atoms with Gasteiger partial charge in [0, 0.05) is 0 Å². The molecule has 0 spiro atoms. The zero-order chi connectivity index (χ0) is 5.82. The minimum absolute atomic E-state index is 0. The topological polar surface area (TPSA) is 22.3 Å². The molecule has 0 bridgehead atoms. The smallest absolute Gasteiger partial charge is 0.763 e. The number of hydrogen-bond acceptors (Lipinski definition) is 0. The average Bonchev–Trinajstić information content (AvgIpc) is 1.90. The van der Waals surface area contributed by atoms with Crippen molar-refractivity contribution in [3.8, 4) is 0 Å². The van der Waals surface area contributed by atoms with Crippen LogP contribution in [0, 0.1) is 0 Å². The molecule has 1 saturated carbocycles. The molecule has 0 radical (unpaired) electrons. The van der Waals surface area contributed by atoms with Crippen molar-refractivity contribution in [2.24, 2.45) is 0 Å². The molecular formula is C7H10LiN. The minimum atomic E-state index is 0. The Kier molecular flexibility index (Phi) is 4.91. The van der Waals surface area contributed by atoms with Gasteiger partial charge < -0.3 is 5.41 Å². The second kappa shape index (κ2) is 4.88. The van der Waals surface area contributed by atoms with Crippen LogP contribution in [0.5, 0.6) is 0 Å². The van der Waals surface area contributed by atoms with E-state index in [9.17, 15) is 0 Å².